The Kier molecular flexibility index (Phi) is 8.40. The molecule has 0 aromatic heterocycles. The van der Waals surface area contributed by atoms with Crippen molar-refractivity contribution in [2.24, 2.45) is 5.92 Å². The third kappa shape index (κ3) is 6.91. The van der Waals surface area contributed by atoms with Crippen LogP contribution in [0.4, 0.5) is 19.3 Å². The van der Waals surface area contributed by atoms with Gasteiger partial charge < -0.3 is 24.8 Å². The number of urea groups is 1. The van der Waals surface area contributed by atoms with Crippen LogP contribution in [-0.2, 0) is 16.1 Å². The minimum Gasteiger partial charge on any atom is -0.493 e. The highest BCUT2D eigenvalue weighted by Gasteiger charge is 2.26. The smallest absolute Gasteiger partial charge is 0.387 e. The second-order valence-corrected chi connectivity index (χ2v) is 6.66. The average Bonchev–Trinajstić information content (AvgIpc) is 2.71. The van der Waals surface area contributed by atoms with E-state index in [0.29, 0.717) is 11.3 Å². The summed E-state index contributed by atoms with van der Waals surface area (Å²) in [6.07, 6.45) is 0. The quantitative estimate of drug-likeness (QED) is 0.592. The van der Waals surface area contributed by atoms with Crippen molar-refractivity contribution in [2.45, 2.75) is 33.1 Å². The number of nitrogens with one attached hydrogen (secondary N) is 2. The summed E-state index contributed by atoms with van der Waals surface area (Å²) in [5, 5.41) is 5.24. The van der Waals surface area contributed by atoms with Crippen LogP contribution in [0, 0.1) is 5.92 Å². The first-order valence-electron chi connectivity index (χ1n) is 9.21. The molecular weight excluding hydrogens is 398 g/mol. The van der Waals surface area contributed by atoms with Crippen LogP contribution < -0.4 is 20.1 Å². The number of benzene rings is 2. The maximum atomic E-state index is 12.5. The zero-order valence-corrected chi connectivity index (χ0v) is 16.9. The number of amides is 2. The number of methoxy groups -OCH3 is 1. The van der Waals surface area contributed by atoms with E-state index < -0.39 is 24.7 Å². The van der Waals surface area contributed by atoms with Crippen molar-refractivity contribution in [3.8, 4) is 11.5 Å². The fourth-order valence-corrected chi connectivity index (χ4v) is 2.57. The van der Waals surface area contributed by atoms with Gasteiger partial charge in [-0.15, -0.1) is 0 Å². The molecule has 0 bridgehead atoms. The molecule has 30 heavy (non-hydrogen) atoms. The first-order chi connectivity index (χ1) is 14.3. The molecule has 0 heterocycles. The molecule has 0 aliphatic rings. The van der Waals surface area contributed by atoms with Crippen molar-refractivity contribution in [2.75, 3.05) is 12.4 Å². The van der Waals surface area contributed by atoms with E-state index in [0.717, 1.165) is 0 Å². The van der Waals surface area contributed by atoms with Crippen molar-refractivity contribution in [3.63, 3.8) is 0 Å². The van der Waals surface area contributed by atoms with Gasteiger partial charge in [-0.2, -0.15) is 8.78 Å². The van der Waals surface area contributed by atoms with Crippen LogP contribution in [0.5, 0.6) is 11.5 Å². The van der Waals surface area contributed by atoms with Gasteiger partial charge in [-0.1, -0.05) is 38.1 Å². The maximum Gasteiger partial charge on any atom is 0.387 e. The molecule has 0 saturated carbocycles. The van der Waals surface area contributed by atoms with Crippen molar-refractivity contribution < 1.29 is 32.6 Å². The lowest BCUT2D eigenvalue weighted by molar-refractivity contribution is -0.148. The summed E-state index contributed by atoms with van der Waals surface area (Å²) in [6.45, 7) is 0.431. The molecule has 2 rings (SSSR count). The second kappa shape index (κ2) is 11.0. The Hall–Kier alpha value is -3.36. The first-order valence-corrected chi connectivity index (χ1v) is 9.21. The number of anilines is 1. The second-order valence-electron chi connectivity index (χ2n) is 6.66. The molecule has 9 heteroatoms. The largest absolute Gasteiger partial charge is 0.493 e. The Morgan fingerprint density at radius 1 is 1.03 bits per heavy atom. The normalized spacial score (nSPS) is 11.7. The summed E-state index contributed by atoms with van der Waals surface area (Å²) in [5.74, 6) is -0.887. The number of esters is 1. The number of ether oxygens (including phenoxy) is 3. The molecule has 2 aromatic rings. The van der Waals surface area contributed by atoms with E-state index in [1.165, 1.54) is 25.3 Å². The number of para-hydroxylation sites is 1. The number of carbonyl (C=O) groups is 2. The number of hydrogen-bond donors (Lipinski definition) is 2. The zero-order chi connectivity index (χ0) is 22.1. The molecule has 7 nitrogen and oxygen atoms in total. The highest BCUT2D eigenvalue weighted by atomic mass is 19.3. The topological polar surface area (TPSA) is 85.9 Å². The van der Waals surface area contributed by atoms with E-state index in [9.17, 15) is 18.4 Å². The van der Waals surface area contributed by atoms with Gasteiger partial charge in [-0.25, -0.2) is 9.59 Å². The number of rotatable bonds is 9. The van der Waals surface area contributed by atoms with Gasteiger partial charge in [0.15, 0.2) is 11.5 Å². The van der Waals surface area contributed by atoms with E-state index in [1.807, 2.05) is 6.07 Å². The predicted molar refractivity (Wildman–Crippen MR) is 107 cm³/mol. The average molecular weight is 422 g/mol. The fourth-order valence-electron chi connectivity index (χ4n) is 2.57. The van der Waals surface area contributed by atoms with Crippen LogP contribution in [0.2, 0.25) is 0 Å². The predicted octanol–water partition coefficient (Wildman–Crippen LogP) is 4.19. The summed E-state index contributed by atoms with van der Waals surface area (Å²) < 4.78 is 39.5. The number of hydrogen-bond acceptors (Lipinski definition) is 5. The maximum absolute atomic E-state index is 12.5. The lowest BCUT2D eigenvalue weighted by atomic mass is 10.1. The van der Waals surface area contributed by atoms with Gasteiger partial charge in [-0.05, 0) is 35.7 Å². The molecule has 1 atom stereocenters. The van der Waals surface area contributed by atoms with E-state index in [4.69, 9.17) is 9.47 Å². The lowest BCUT2D eigenvalue weighted by Crippen LogP contribution is -2.47. The minimum atomic E-state index is -2.98. The van der Waals surface area contributed by atoms with Gasteiger partial charge in [0.25, 0.3) is 0 Å². The Morgan fingerprint density at radius 3 is 2.33 bits per heavy atom. The van der Waals surface area contributed by atoms with E-state index >= 15 is 0 Å². The van der Waals surface area contributed by atoms with Gasteiger partial charge in [-0.3, -0.25) is 0 Å². The number of halogens is 2. The lowest BCUT2D eigenvalue weighted by Gasteiger charge is -2.21. The van der Waals surface area contributed by atoms with E-state index in [1.54, 1.807) is 38.1 Å². The summed E-state index contributed by atoms with van der Waals surface area (Å²) in [6, 6.07) is 11.6. The monoisotopic (exact) mass is 422 g/mol. The van der Waals surface area contributed by atoms with Crippen LogP contribution in [-0.4, -0.2) is 31.8 Å². The fraction of sp³-hybridized carbons (Fsp3) is 0.333. The van der Waals surface area contributed by atoms with E-state index in [-0.39, 0.29) is 24.0 Å². The van der Waals surface area contributed by atoms with Crippen LogP contribution in [0.25, 0.3) is 0 Å². The molecule has 0 fully saturated rings. The van der Waals surface area contributed by atoms with Gasteiger partial charge in [0, 0.05) is 5.69 Å². The molecule has 162 valence electrons. The minimum absolute atomic E-state index is 0.0876. The van der Waals surface area contributed by atoms with Crippen molar-refractivity contribution >= 4 is 17.7 Å². The molecule has 0 unspecified atom stereocenters. The van der Waals surface area contributed by atoms with Crippen molar-refractivity contribution in [1.82, 2.24) is 5.32 Å². The SMILES string of the molecule is COc1cc(COC(=O)[C@H](NC(=O)Nc2ccccc2)C(C)C)ccc1OC(F)F. The summed E-state index contributed by atoms with van der Waals surface area (Å²) in [7, 11) is 1.31. The molecule has 2 aromatic carbocycles. The molecule has 0 spiro atoms. The van der Waals surface area contributed by atoms with Gasteiger partial charge >= 0.3 is 18.6 Å². The third-order valence-corrected chi connectivity index (χ3v) is 4.06. The summed E-state index contributed by atoms with van der Waals surface area (Å²) in [5.41, 5.74) is 1.10. The Morgan fingerprint density at radius 2 is 1.73 bits per heavy atom. The highest BCUT2D eigenvalue weighted by molar-refractivity contribution is 5.92. The summed E-state index contributed by atoms with van der Waals surface area (Å²) in [4.78, 5) is 24.7. The number of alkyl halides is 2. The molecule has 0 radical (unpaired) electrons. The Balaban J connectivity index is 1.97. The molecular formula is C21H24F2N2O5. The Labute approximate surface area is 173 Å². The van der Waals surface area contributed by atoms with Gasteiger partial charge in [0.1, 0.15) is 12.6 Å². The molecule has 0 aliphatic carbocycles. The van der Waals surface area contributed by atoms with Crippen LogP contribution >= 0.6 is 0 Å². The standard InChI is InChI=1S/C21H24F2N2O5/c1-13(2)18(25-21(27)24-15-7-5-4-6-8-15)19(26)29-12-14-9-10-16(30-20(22)23)17(11-14)28-3/h4-11,13,18,20H,12H2,1-3H3,(H2,24,25,27)/t18-/m1/s1. The molecule has 0 aliphatic heterocycles. The highest BCUT2D eigenvalue weighted by Crippen LogP contribution is 2.29. The Bertz CT molecular complexity index is 847. The van der Waals surface area contributed by atoms with Crippen molar-refractivity contribution in [3.05, 3.63) is 54.1 Å². The van der Waals surface area contributed by atoms with Gasteiger partial charge in [0.05, 0.1) is 7.11 Å². The van der Waals surface area contributed by atoms with Gasteiger partial charge in [0.2, 0.25) is 0 Å². The van der Waals surface area contributed by atoms with Crippen LogP contribution in [0.1, 0.15) is 19.4 Å². The zero-order valence-electron chi connectivity index (χ0n) is 16.9. The summed E-state index contributed by atoms with van der Waals surface area (Å²) >= 11 is 0. The van der Waals surface area contributed by atoms with Crippen molar-refractivity contribution in [1.29, 1.82) is 0 Å². The van der Waals surface area contributed by atoms with Crippen LogP contribution in [0.3, 0.4) is 0 Å². The van der Waals surface area contributed by atoms with Crippen LogP contribution in [0.15, 0.2) is 48.5 Å². The third-order valence-electron chi connectivity index (χ3n) is 4.06. The molecule has 0 saturated heterocycles. The first kappa shape index (κ1) is 22.9. The molecule has 2 N–H and O–H groups in total. The molecule has 2 amide bonds. The van der Waals surface area contributed by atoms with E-state index in [2.05, 4.69) is 15.4 Å². The number of carbonyl (C=O) groups excluding carboxylic acids is 2.